The largest absolute Gasteiger partial charge is 0.465 e. The summed E-state index contributed by atoms with van der Waals surface area (Å²) in [5, 5.41) is 0. The Bertz CT molecular complexity index is 316. The van der Waals surface area contributed by atoms with E-state index in [4.69, 9.17) is 4.74 Å². The van der Waals surface area contributed by atoms with Gasteiger partial charge in [-0.2, -0.15) is 0 Å². The van der Waals surface area contributed by atoms with Crippen molar-refractivity contribution in [2.75, 3.05) is 20.8 Å². The first kappa shape index (κ1) is 11.7. The van der Waals surface area contributed by atoms with Crippen LogP contribution in [0.1, 0.15) is 28.8 Å². The van der Waals surface area contributed by atoms with Gasteiger partial charge in [-0.05, 0) is 17.7 Å². The summed E-state index contributed by atoms with van der Waals surface area (Å²) in [6, 6.07) is 7.40. The van der Waals surface area contributed by atoms with Gasteiger partial charge in [-0.15, -0.1) is 0 Å². The number of carbonyl (C=O) groups is 1. The summed E-state index contributed by atoms with van der Waals surface area (Å²) >= 11 is 0. The van der Waals surface area contributed by atoms with Gasteiger partial charge < -0.3 is 9.47 Å². The lowest BCUT2D eigenvalue weighted by atomic mass is 10.0. The van der Waals surface area contributed by atoms with Crippen LogP contribution in [0, 0.1) is 0 Å². The van der Waals surface area contributed by atoms with E-state index in [0.29, 0.717) is 18.1 Å². The molecule has 0 saturated heterocycles. The van der Waals surface area contributed by atoms with Crippen LogP contribution in [0.4, 0.5) is 0 Å². The predicted molar refractivity (Wildman–Crippen MR) is 58.1 cm³/mol. The van der Waals surface area contributed by atoms with Crippen LogP contribution in [-0.4, -0.2) is 26.8 Å². The van der Waals surface area contributed by atoms with E-state index in [2.05, 4.69) is 11.7 Å². The molecule has 0 aliphatic heterocycles. The smallest absolute Gasteiger partial charge is 0.337 e. The van der Waals surface area contributed by atoms with Crippen molar-refractivity contribution in [3.63, 3.8) is 0 Å². The summed E-state index contributed by atoms with van der Waals surface area (Å²) < 4.78 is 9.69. The van der Waals surface area contributed by atoms with Crippen LogP contribution in [0.2, 0.25) is 0 Å². The molecule has 0 radical (unpaired) electrons. The molecule has 0 heterocycles. The second kappa shape index (κ2) is 5.51. The number of rotatable bonds is 4. The average Bonchev–Trinajstić information content (AvgIpc) is 2.28. The summed E-state index contributed by atoms with van der Waals surface area (Å²) in [4.78, 5) is 11.2. The molecule has 15 heavy (non-hydrogen) atoms. The van der Waals surface area contributed by atoms with E-state index in [9.17, 15) is 4.79 Å². The Hall–Kier alpha value is -1.35. The van der Waals surface area contributed by atoms with Crippen LogP contribution in [0.3, 0.4) is 0 Å². The van der Waals surface area contributed by atoms with Crippen LogP contribution in [0.15, 0.2) is 24.3 Å². The molecule has 3 nitrogen and oxygen atoms in total. The summed E-state index contributed by atoms with van der Waals surface area (Å²) in [7, 11) is 3.06. The first-order chi connectivity index (χ1) is 7.19. The van der Waals surface area contributed by atoms with Gasteiger partial charge in [0, 0.05) is 13.0 Å². The maximum Gasteiger partial charge on any atom is 0.337 e. The third-order valence-corrected chi connectivity index (χ3v) is 2.32. The van der Waals surface area contributed by atoms with Crippen molar-refractivity contribution in [3.05, 3.63) is 35.4 Å². The number of ether oxygens (including phenoxy) is 2. The van der Waals surface area contributed by atoms with Crippen LogP contribution in [0.5, 0.6) is 0 Å². The van der Waals surface area contributed by atoms with Crippen LogP contribution in [-0.2, 0) is 9.47 Å². The zero-order valence-corrected chi connectivity index (χ0v) is 9.32. The molecule has 0 aliphatic carbocycles. The molecule has 0 bridgehead atoms. The maximum absolute atomic E-state index is 11.2. The molecular weight excluding hydrogens is 192 g/mol. The number of carbonyl (C=O) groups excluding carboxylic acids is 1. The van der Waals surface area contributed by atoms with Crippen LogP contribution in [0.25, 0.3) is 0 Å². The Morgan fingerprint density at radius 1 is 1.27 bits per heavy atom. The van der Waals surface area contributed by atoms with E-state index in [-0.39, 0.29) is 5.97 Å². The SMILES string of the molecule is COCC(C)c1ccc(C(=O)OC)cc1. The Morgan fingerprint density at radius 3 is 2.33 bits per heavy atom. The molecule has 1 aromatic carbocycles. The molecule has 1 unspecified atom stereocenters. The Labute approximate surface area is 90.0 Å². The van der Waals surface area contributed by atoms with Gasteiger partial charge in [0.15, 0.2) is 0 Å². The lowest BCUT2D eigenvalue weighted by Crippen LogP contribution is -2.04. The van der Waals surface area contributed by atoms with Crippen LogP contribution < -0.4 is 0 Å². The van der Waals surface area contributed by atoms with Crippen molar-refractivity contribution in [3.8, 4) is 0 Å². The first-order valence-corrected chi connectivity index (χ1v) is 4.86. The molecule has 0 spiro atoms. The number of methoxy groups -OCH3 is 2. The molecular formula is C12H16O3. The summed E-state index contributed by atoms with van der Waals surface area (Å²) in [5.41, 5.74) is 1.73. The minimum atomic E-state index is -0.305. The van der Waals surface area contributed by atoms with E-state index < -0.39 is 0 Å². The fourth-order valence-corrected chi connectivity index (χ4v) is 1.41. The molecule has 1 atom stereocenters. The molecule has 82 valence electrons. The number of esters is 1. The minimum absolute atomic E-state index is 0.305. The third kappa shape index (κ3) is 3.06. The molecule has 0 saturated carbocycles. The van der Waals surface area contributed by atoms with Crippen molar-refractivity contribution >= 4 is 5.97 Å². The van der Waals surface area contributed by atoms with Crippen molar-refractivity contribution < 1.29 is 14.3 Å². The highest BCUT2D eigenvalue weighted by molar-refractivity contribution is 5.89. The lowest BCUT2D eigenvalue weighted by Gasteiger charge is -2.10. The molecule has 0 aliphatic rings. The number of hydrogen-bond acceptors (Lipinski definition) is 3. The van der Waals surface area contributed by atoms with Crippen molar-refractivity contribution in [1.29, 1.82) is 0 Å². The highest BCUT2D eigenvalue weighted by Crippen LogP contribution is 2.16. The van der Waals surface area contributed by atoms with Gasteiger partial charge in [-0.1, -0.05) is 19.1 Å². The van der Waals surface area contributed by atoms with E-state index >= 15 is 0 Å². The molecule has 1 aromatic rings. The molecule has 0 fully saturated rings. The van der Waals surface area contributed by atoms with Gasteiger partial charge in [0.2, 0.25) is 0 Å². The maximum atomic E-state index is 11.2. The second-order valence-corrected chi connectivity index (χ2v) is 3.47. The Balaban J connectivity index is 2.76. The molecule has 0 aromatic heterocycles. The van der Waals surface area contributed by atoms with Crippen molar-refractivity contribution in [2.45, 2.75) is 12.8 Å². The fourth-order valence-electron chi connectivity index (χ4n) is 1.41. The van der Waals surface area contributed by atoms with Gasteiger partial charge in [0.25, 0.3) is 0 Å². The van der Waals surface area contributed by atoms with Gasteiger partial charge in [-0.25, -0.2) is 4.79 Å². The molecule has 3 heteroatoms. The minimum Gasteiger partial charge on any atom is -0.465 e. The van der Waals surface area contributed by atoms with Crippen molar-refractivity contribution in [1.82, 2.24) is 0 Å². The fraction of sp³-hybridized carbons (Fsp3) is 0.417. The number of hydrogen-bond donors (Lipinski definition) is 0. The average molecular weight is 208 g/mol. The summed E-state index contributed by atoms with van der Waals surface area (Å²) in [6.45, 7) is 2.76. The van der Waals surface area contributed by atoms with Gasteiger partial charge >= 0.3 is 5.97 Å². The van der Waals surface area contributed by atoms with Gasteiger partial charge in [0.05, 0.1) is 19.3 Å². The molecule has 0 N–H and O–H groups in total. The summed E-state index contributed by atoms with van der Waals surface area (Å²) in [5.74, 6) is 0.0302. The predicted octanol–water partition coefficient (Wildman–Crippen LogP) is 2.22. The Kier molecular flexibility index (Phi) is 4.31. The quantitative estimate of drug-likeness (QED) is 0.712. The van der Waals surface area contributed by atoms with Crippen molar-refractivity contribution in [2.24, 2.45) is 0 Å². The standard InChI is InChI=1S/C12H16O3/c1-9(8-14-2)10-4-6-11(7-5-10)12(13)15-3/h4-7,9H,8H2,1-3H3. The number of benzene rings is 1. The zero-order valence-electron chi connectivity index (χ0n) is 9.32. The van der Waals surface area contributed by atoms with Crippen LogP contribution >= 0.6 is 0 Å². The Morgan fingerprint density at radius 2 is 1.87 bits per heavy atom. The second-order valence-electron chi connectivity index (χ2n) is 3.47. The highest BCUT2D eigenvalue weighted by atomic mass is 16.5. The van der Waals surface area contributed by atoms with E-state index in [1.54, 1.807) is 19.2 Å². The van der Waals surface area contributed by atoms with E-state index in [1.807, 2.05) is 12.1 Å². The van der Waals surface area contributed by atoms with E-state index in [0.717, 1.165) is 5.56 Å². The first-order valence-electron chi connectivity index (χ1n) is 4.86. The molecule has 1 rings (SSSR count). The lowest BCUT2D eigenvalue weighted by molar-refractivity contribution is 0.0600. The topological polar surface area (TPSA) is 35.5 Å². The normalized spacial score (nSPS) is 12.2. The summed E-state index contributed by atoms with van der Waals surface area (Å²) in [6.07, 6.45) is 0. The van der Waals surface area contributed by atoms with Gasteiger partial charge in [0.1, 0.15) is 0 Å². The van der Waals surface area contributed by atoms with E-state index in [1.165, 1.54) is 7.11 Å². The highest BCUT2D eigenvalue weighted by Gasteiger charge is 2.07. The molecule has 0 amide bonds. The van der Waals surface area contributed by atoms with Gasteiger partial charge in [-0.3, -0.25) is 0 Å². The third-order valence-electron chi connectivity index (χ3n) is 2.32. The zero-order chi connectivity index (χ0) is 11.3. The monoisotopic (exact) mass is 208 g/mol.